The van der Waals surface area contributed by atoms with Gasteiger partial charge in [-0.05, 0) is 37.4 Å². The van der Waals surface area contributed by atoms with Gasteiger partial charge in [0.1, 0.15) is 21.7 Å². The number of nitrogens with zero attached hydrogens (tertiary/aromatic N) is 3. The first-order chi connectivity index (χ1) is 13.6. The number of hydrogen-bond donors (Lipinski definition) is 0. The van der Waals surface area contributed by atoms with E-state index in [1.54, 1.807) is 18.3 Å². The monoisotopic (exact) mass is 421 g/mol. The molecule has 0 unspecified atom stereocenters. The topological polar surface area (TPSA) is 57.0 Å². The molecule has 0 spiro atoms. The number of thiophene rings is 1. The van der Waals surface area contributed by atoms with Gasteiger partial charge in [0.25, 0.3) is 0 Å². The Morgan fingerprint density at radius 1 is 1.14 bits per heavy atom. The normalized spacial score (nSPS) is 15.7. The fraction of sp³-hybridized carbons (Fsp3) is 0.0952. The third kappa shape index (κ3) is 3.31. The van der Waals surface area contributed by atoms with Gasteiger partial charge >= 0.3 is 0 Å². The van der Waals surface area contributed by atoms with Crippen LogP contribution in [0.5, 0.6) is 0 Å². The molecule has 0 radical (unpaired) electrons. The molecule has 1 aliphatic rings. The average molecular weight is 422 g/mol. The smallest absolute Gasteiger partial charge is 0.168 e. The van der Waals surface area contributed by atoms with Gasteiger partial charge in [0.15, 0.2) is 5.78 Å². The Hall–Kier alpha value is -2.66. The number of carbonyl (C=O) groups excluding carboxylic acids is 1. The Kier molecular flexibility index (Phi) is 5.18. The molecule has 28 heavy (non-hydrogen) atoms. The maximum atomic E-state index is 12.2. The van der Waals surface area contributed by atoms with Crippen molar-refractivity contribution in [3.63, 3.8) is 0 Å². The number of benzene rings is 1. The Bertz CT molecular complexity index is 1140. The van der Waals surface area contributed by atoms with Crippen LogP contribution >= 0.6 is 34.4 Å². The number of thiazole rings is 1. The molecule has 0 atom stereocenters. The minimum atomic E-state index is -0.00543. The van der Waals surface area contributed by atoms with Crippen LogP contribution in [-0.2, 0) is 4.79 Å². The second-order valence-corrected chi connectivity index (χ2v) is 8.86. The number of Topliss-reactive ketones (excluding diaryl/α,β-unsaturated/α-hetero) is 1. The second-order valence-electron chi connectivity index (χ2n) is 6.05. The summed E-state index contributed by atoms with van der Waals surface area (Å²) in [6.45, 7) is 3.47. The molecule has 3 aromatic rings. The van der Waals surface area contributed by atoms with Gasteiger partial charge in [-0.15, -0.1) is 22.7 Å². The van der Waals surface area contributed by atoms with Crippen LogP contribution in [0.15, 0.2) is 68.9 Å². The highest BCUT2D eigenvalue weighted by molar-refractivity contribution is 8.08. The third-order valence-electron chi connectivity index (χ3n) is 4.22. The highest BCUT2D eigenvalue weighted by atomic mass is 32.2. The number of rotatable bonds is 4. The number of thioether (sulfide) groups is 1. The fourth-order valence-corrected chi connectivity index (χ4v) is 5.75. The van der Waals surface area contributed by atoms with E-state index in [1.807, 2.05) is 65.0 Å². The molecule has 0 fully saturated rings. The van der Waals surface area contributed by atoms with Gasteiger partial charge in [0.2, 0.25) is 0 Å². The van der Waals surface area contributed by atoms with Crippen molar-refractivity contribution in [2.45, 2.75) is 13.8 Å². The molecular formula is C21H15N3OS3. The molecule has 0 aliphatic carbocycles. The van der Waals surface area contributed by atoms with Crippen LogP contribution < -0.4 is 4.90 Å². The summed E-state index contributed by atoms with van der Waals surface area (Å²) in [6.07, 6.45) is 0. The first-order valence-electron chi connectivity index (χ1n) is 8.49. The number of anilines is 1. The summed E-state index contributed by atoms with van der Waals surface area (Å²) in [6, 6.07) is 16.1. The Morgan fingerprint density at radius 2 is 1.93 bits per heavy atom. The van der Waals surface area contributed by atoms with Crippen molar-refractivity contribution in [1.29, 1.82) is 5.26 Å². The lowest BCUT2D eigenvalue weighted by Gasteiger charge is -2.22. The molecule has 2 aromatic heterocycles. The van der Waals surface area contributed by atoms with Crippen molar-refractivity contribution < 1.29 is 4.79 Å². The zero-order valence-corrected chi connectivity index (χ0v) is 17.6. The zero-order chi connectivity index (χ0) is 19.7. The number of nitriles is 1. The molecule has 0 amide bonds. The van der Waals surface area contributed by atoms with Crippen molar-refractivity contribution in [2.24, 2.45) is 0 Å². The SMILES string of the molecule is CC(=O)C1=C(C)N(c2ccccc2)/C(=C(/C#N)c2nc(-c3cccs3)cs2)S1. The van der Waals surface area contributed by atoms with E-state index in [0.29, 0.717) is 15.5 Å². The Balaban J connectivity index is 1.85. The minimum absolute atomic E-state index is 0.00543. The summed E-state index contributed by atoms with van der Waals surface area (Å²) in [5, 5.41) is 15.3. The molecule has 0 saturated carbocycles. The molecule has 7 heteroatoms. The molecule has 0 bridgehead atoms. The van der Waals surface area contributed by atoms with E-state index < -0.39 is 0 Å². The molecule has 1 aromatic carbocycles. The quantitative estimate of drug-likeness (QED) is 0.474. The predicted molar refractivity (Wildman–Crippen MR) is 118 cm³/mol. The summed E-state index contributed by atoms with van der Waals surface area (Å²) < 4.78 is 0. The summed E-state index contributed by atoms with van der Waals surface area (Å²) in [7, 11) is 0. The lowest BCUT2D eigenvalue weighted by Crippen LogP contribution is -2.16. The van der Waals surface area contributed by atoms with Gasteiger partial charge in [0.05, 0.1) is 15.5 Å². The van der Waals surface area contributed by atoms with Crippen LogP contribution in [-0.4, -0.2) is 10.8 Å². The highest BCUT2D eigenvalue weighted by Crippen LogP contribution is 2.47. The number of allylic oxidation sites excluding steroid dienone is 3. The molecule has 1 aliphatic heterocycles. The molecular weight excluding hydrogens is 406 g/mol. The van der Waals surface area contributed by atoms with Crippen LogP contribution in [0.3, 0.4) is 0 Å². The maximum absolute atomic E-state index is 12.2. The first-order valence-corrected chi connectivity index (χ1v) is 11.1. The molecule has 4 nitrogen and oxygen atoms in total. The Morgan fingerprint density at radius 3 is 2.57 bits per heavy atom. The van der Waals surface area contributed by atoms with Gasteiger partial charge < -0.3 is 4.90 Å². The van der Waals surface area contributed by atoms with Crippen LogP contribution in [0.25, 0.3) is 16.1 Å². The lowest BCUT2D eigenvalue weighted by molar-refractivity contribution is -0.113. The second kappa shape index (κ2) is 7.76. The van der Waals surface area contributed by atoms with Crippen LogP contribution in [0.4, 0.5) is 5.69 Å². The van der Waals surface area contributed by atoms with Gasteiger partial charge in [0, 0.05) is 16.8 Å². The lowest BCUT2D eigenvalue weighted by atomic mass is 10.2. The average Bonchev–Trinajstić information content (AvgIpc) is 3.43. The molecule has 4 rings (SSSR count). The van der Waals surface area contributed by atoms with Gasteiger partial charge in [-0.25, -0.2) is 4.98 Å². The van der Waals surface area contributed by atoms with E-state index in [1.165, 1.54) is 23.1 Å². The van der Waals surface area contributed by atoms with Gasteiger partial charge in [-0.3, -0.25) is 4.79 Å². The Labute approximate surface area is 175 Å². The highest BCUT2D eigenvalue weighted by Gasteiger charge is 2.32. The number of aromatic nitrogens is 1. The van der Waals surface area contributed by atoms with Crippen molar-refractivity contribution in [3.05, 3.63) is 73.9 Å². The fourth-order valence-electron chi connectivity index (χ4n) is 2.96. The van der Waals surface area contributed by atoms with Gasteiger partial charge in [-0.1, -0.05) is 36.0 Å². The van der Waals surface area contributed by atoms with E-state index in [0.717, 1.165) is 27.0 Å². The van der Waals surface area contributed by atoms with E-state index >= 15 is 0 Å². The van der Waals surface area contributed by atoms with Crippen molar-refractivity contribution in [3.8, 4) is 16.6 Å². The zero-order valence-electron chi connectivity index (χ0n) is 15.2. The number of carbonyl (C=O) groups is 1. The largest absolute Gasteiger partial charge is 0.306 e. The van der Waals surface area contributed by atoms with E-state index in [4.69, 9.17) is 4.98 Å². The summed E-state index contributed by atoms with van der Waals surface area (Å²) in [5.41, 5.74) is 3.11. The van der Waals surface area contributed by atoms with Crippen molar-refractivity contribution in [2.75, 3.05) is 4.90 Å². The van der Waals surface area contributed by atoms with E-state index in [2.05, 4.69) is 6.07 Å². The predicted octanol–water partition coefficient (Wildman–Crippen LogP) is 6.14. The molecule has 138 valence electrons. The molecule has 3 heterocycles. The summed E-state index contributed by atoms with van der Waals surface area (Å²) in [4.78, 5) is 20.6. The minimum Gasteiger partial charge on any atom is -0.306 e. The molecule has 0 N–H and O–H groups in total. The van der Waals surface area contributed by atoms with Crippen LogP contribution in [0, 0.1) is 11.3 Å². The first kappa shape index (κ1) is 18.7. The summed E-state index contributed by atoms with van der Waals surface area (Å²) in [5.74, 6) is -0.00543. The number of para-hydroxylation sites is 1. The van der Waals surface area contributed by atoms with E-state index in [9.17, 15) is 10.1 Å². The van der Waals surface area contributed by atoms with Crippen molar-refractivity contribution in [1.82, 2.24) is 4.98 Å². The number of ketones is 1. The van der Waals surface area contributed by atoms with Crippen molar-refractivity contribution >= 4 is 51.5 Å². The van der Waals surface area contributed by atoms with Gasteiger partial charge in [-0.2, -0.15) is 5.26 Å². The third-order valence-corrected chi connectivity index (χ3v) is 7.34. The standard InChI is InChI=1S/C21H15N3OS3/c1-13-19(14(2)25)28-21(24(13)15-7-4-3-5-8-15)16(11-22)20-23-17(12-27-20)18-9-6-10-26-18/h3-10,12H,1-2H3/b21-16+. The van der Waals surface area contributed by atoms with Crippen LogP contribution in [0.2, 0.25) is 0 Å². The maximum Gasteiger partial charge on any atom is 0.168 e. The van der Waals surface area contributed by atoms with E-state index in [-0.39, 0.29) is 5.78 Å². The van der Waals surface area contributed by atoms with Crippen LogP contribution in [0.1, 0.15) is 18.9 Å². The number of hydrogen-bond acceptors (Lipinski definition) is 7. The summed E-state index contributed by atoms with van der Waals surface area (Å²) >= 11 is 4.41. The molecule has 0 saturated heterocycles.